The van der Waals surface area contributed by atoms with Crippen LogP contribution in [0.3, 0.4) is 0 Å². The summed E-state index contributed by atoms with van der Waals surface area (Å²) in [5, 5.41) is 4.00. The van der Waals surface area contributed by atoms with Gasteiger partial charge in [0.1, 0.15) is 0 Å². The number of methoxy groups -OCH3 is 1. The van der Waals surface area contributed by atoms with E-state index in [0.29, 0.717) is 29.3 Å². The SMILES string of the molecule is COCCNC(=O)C[C@H](c1cccc(C(F)(F)F)c1)c1c[nH]c2ccc(Cl)cc12. The van der Waals surface area contributed by atoms with Crippen LogP contribution in [0.4, 0.5) is 13.2 Å². The average Bonchev–Trinajstić information content (AvgIpc) is 3.08. The zero-order valence-corrected chi connectivity index (χ0v) is 16.4. The van der Waals surface area contributed by atoms with Crippen molar-refractivity contribution in [1.29, 1.82) is 0 Å². The maximum atomic E-state index is 13.2. The molecule has 8 heteroatoms. The molecule has 0 saturated heterocycles. The third-order valence-electron chi connectivity index (χ3n) is 4.69. The van der Waals surface area contributed by atoms with Gasteiger partial charge in [0.2, 0.25) is 5.91 Å². The molecule has 0 unspecified atom stereocenters. The first-order valence-electron chi connectivity index (χ1n) is 8.99. The van der Waals surface area contributed by atoms with Crippen molar-refractivity contribution >= 4 is 28.4 Å². The summed E-state index contributed by atoms with van der Waals surface area (Å²) < 4.78 is 44.6. The number of rotatable bonds is 7. The van der Waals surface area contributed by atoms with Crippen molar-refractivity contribution in [3.8, 4) is 0 Å². The molecule has 0 spiro atoms. The van der Waals surface area contributed by atoms with Gasteiger partial charge in [-0.05, 0) is 35.4 Å². The van der Waals surface area contributed by atoms with E-state index in [1.807, 2.05) is 0 Å². The van der Waals surface area contributed by atoms with Crippen LogP contribution in [0.2, 0.25) is 5.02 Å². The largest absolute Gasteiger partial charge is 0.416 e. The van der Waals surface area contributed by atoms with Crippen LogP contribution < -0.4 is 5.32 Å². The second-order valence-corrected chi connectivity index (χ2v) is 7.09. The van der Waals surface area contributed by atoms with Gasteiger partial charge in [0.25, 0.3) is 0 Å². The Bertz CT molecular complexity index is 1000. The zero-order chi connectivity index (χ0) is 21.0. The van der Waals surface area contributed by atoms with E-state index in [2.05, 4.69) is 10.3 Å². The fourth-order valence-electron chi connectivity index (χ4n) is 3.29. The first kappa shape index (κ1) is 21.2. The number of ether oxygens (including phenoxy) is 1. The molecule has 2 N–H and O–H groups in total. The van der Waals surface area contributed by atoms with E-state index in [1.165, 1.54) is 13.2 Å². The second-order valence-electron chi connectivity index (χ2n) is 6.66. The Kier molecular flexibility index (Phi) is 6.49. The van der Waals surface area contributed by atoms with E-state index in [4.69, 9.17) is 16.3 Å². The Labute approximate surface area is 171 Å². The number of amides is 1. The van der Waals surface area contributed by atoms with Gasteiger partial charge in [-0.3, -0.25) is 4.79 Å². The Balaban J connectivity index is 2.02. The molecule has 1 heterocycles. The monoisotopic (exact) mass is 424 g/mol. The summed E-state index contributed by atoms with van der Waals surface area (Å²) in [7, 11) is 1.52. The molecule has 0 fully saturated rings. The highest BCUT2D eigenvalue weighted by atomic mass is 35.5. The van der Waals surface area contributed by atoms with Gasteiger partial charge in [-0.2, -0.15) is 13.2 Å². The lowest BCUT2D eigenvalue weighted by Gasteiger charge is -2.19. The number of aromatic amines is 1. The van der Waals surface area contributed by atoms with Crippen molar-refractivity contribution in [3.63, 3.8) is 0 Å². The number of fused-ring (bicyclic) bond motifs is 1. The molecule has 1 aromatic heterocycles. The predicted molar refractivity (Wildman–Crippen MR) is 106 cm³/mol. The number of H-pyrrole nitrogens is 1. The first-order valence-corrected chi connectivity index (χ1v) is 9.36. The van der Waals surface area contributed by atoms with Crippen LogP contribution in [0.1, 0.15) is 29.0 Å². The van der Waals surface area contributed by atoms with Crippen molar-refractivity contribution in [3.05, 3.63) is 70.4 Å². The number of alkyl halides is 3. The van der Waals surface area contributed by atoms with Gasteiger partial charge >= 0.3 is 6.18 Å². The maximum absolute atomic E-state index is 13.2. The quantitative estimate of drug-likeness (QED) is 0.517. The fraction of sp³-hybridized carbons (Fsp3) is 0.286. The number of carbonyl (C=O) groups is 1. The molecular weight excluding hydrogens is 405 g/mol. The lowest BCUT2D eigenvalue weighted by atomic mass is 9.87. The Morgan fingerprint density at radius 2 is 2.03 bits per heavy atom. The summed E-state index contributed by atoms with van der Waals surface area (Å²) in [6.45, 7) is 0.674. The van der Waals surface area contributed by atoms with Crippen molar-refractivity contribution in [2.45, 2.75) is 18.5 Å². The Morgan fingerprint density at radius 3 is 2.76 bits per heavy atom. The molecule has 3 aromatic rings. The van der Waals surface area contributed by atoms with Gasteiger partial charge in [0.15, 0.2) is 0 Å². The van der Waals surface area contributed by atoms with Gasteiger partial charge in [-0.15, -0.1) is 0 Å². The van der Waals surface area contributed by atoms with Crippen LogP contribution in [0.15, 0.2) is 48.7 Å². The summed E-state index contributed by atoms with van der Waals surface area (Å²) >= 11 is 6.12. The fourth-order valence-corrected chi connectivity index (χ4v) is 3.46. The van der Waals surface area contributed by atoms with Gasteiger partial charge < -0.3 is 15.0 Å². The molecule has 0 bridgehead atoms. The number of carbonyl (C=O) groups excluding carboxylic acids is 1. The Hall–Kier alpha value is -2.51. The number of nitrogens with one attached hydrogen (secondary N) is 2. The van der Waals surface area contributed by atoms with Gasteiger partial charge in [-0.1, -0.05) is 29.8 Å². The lowest BCUT2D eigenvalue weighted by molar-refractivity contribution is -0.137. The van der Waals surface area contributed by atoms with Crippen LogP contribution >= 0.6 is 11.6 Å². The highest BCUT2D eigenvalue weighted by Crippen LogP contribution is 2.37. The van der Waals surface area contributed by atoms with E-state index in [0.717, 1.165) is 23.0 Å². The van der Waals surface area contributed by atoms with Gasteiger partial charge in [0.05, 0.1) is 12.2 Å². The third-order valence-corrected chi connectivity index (χ3v) is 4.92. The van der Waals surface area contributed by atoms with Crippen LogP contribution in [-0.2, 0) is 15.7 Å². The highest BCUT2D eigenvalue weighted by molar-refractivity contribution is 6.31. The van der Waals surface area contributed by atoms with Gasteiger partial charge in [-0.25, -0.2) is 0 Å². The normalized spacial score (nSPS) is 12.9. The molecule has 0 aliphatic carbocycles. The molecule has 2 aromatic carbocycles. The molecule has 0 saturated carbocycles. The molecular formula is C21H20ClF3N2O2. The predicted octanol–water partition coefficient (Wildman–Crippen LogP) is 5.12. The van der Waals surface area contributed by atoms with Crippen LogP contribution in [0.5, 0.6) is 0 Å². The summed E-state index contributed by atoms with van der Waals surface area (Å²) in [6.07, 6.45) is -2.76. The van der Waals surface area contributed by atoms with E-state index < -0.39 is 17.7 Å². The summed E-state index contributed by atoms with van der Waals surface area (Å²) in [5.74, 6) is -0.854. The minimum absolute atomic E-state index is 0.00943. The number of hydrogen-bond donors (Lipinski definition) is 2. The summed E-state index contributed by atoms with van der Waals surface area (Å²) in [5.41, 5.74) is 1.16. The zero-order valence-electron chi connectivity index (χ0n) is 15.6. The standard InChI is InChI=1S/C21H20ClF3N2O2/c1-29-8-7-26-20(28)11-16(13-3-2-4-14(9-13)21(23,24)25)18-12-27-19-6-5-15(22)10-17(18)19/h2-6,9-10,12,16,27H,7-8,11H2,1H3,(H,26,28)/t16-/m1/s1. The van der Waals surface area contributed by atoms with Crippen LogP contribution in [0, 0.1) is 0 Å². The van der Waals surface area contributed by atoms with E-state index in [1.54, 1.807) is 30.5 Å². The number of benzene rings is 2. The molecule has 0 aliphatic heterocycles. The van der Waals surface area contributed by atoms with E-state index in [-0.39, 0.29) is 12.3 Å². The number of hydrogen-bond acceptors (Lipinski definition) is 2. The van der Waals surface area contributed by atoms with E-state index >= 15 is 0 Å². The average molecular weight is 425 g/mol. The first-order chi connectivity index (χ1) is 13.8. The minimum Gasteiger partial charge on any atom is -0.383 e. The van der Waals surface area contributed by atoms with Crippen molar-refractivity contribution in [1.82, 2.24) is 10.3 Å². The number of aromatic nitrogens is 1. The molecule has 154 valence electrons. The van der Waals surface area contributed by atoms with Gasteiger partial charge in [0, 0.05) is 48.1 Å². The molecule has 1 amide bonds. The molecule has 29 heavy (non-hydrogen) atoms. The molecule has 4 nitrogen and oxygen atoms in total. The smallest absolute Gasteiger partial charge is 0.383 e. The second kappa shape index (κ2) is 8.88. The van der Waals surface area contributed by atoms with Crippen molar-refractivity contribution in [2.75, 3.05) is 20.3 Å². The lowest BCUT2D eigenvalue weighted by Crippen LogP contribution is -2.28. The highest BCUT2D eigenvalue weighted by Gasteiger charge is 2.31. The van der Waals surface area contributed by atoms with Crippen molar-refractivity contribution in [2.24, 2.45) is 0 Å². The molecule has 0 aliphatic rings. The van der Waals surface area contributed by atoms with Crippen LogP contribution in [-0.4, -0.2) is 31.2 Å². The molecule has 3 rings (SSSR count). The third kappa shape index (κ3) is 5.10. The topological polar surface area (TPSA) is 54.1 Å². The van der Waals surface area contributed by atoms with E-state index in [9.17, 15) is 18.0 Å². The number of halogens is 4. The summed E-state index contributed by atoms with van der Waals surface area (Å²) in [4.78, 5) is 15.6. The van der Waals surface area contributed by atoms with Crippen LogP contribution in [0.25, 0.3) is 10.9 Å². The maximum Gasteiger partial charge on any atom is 0.416 e. The summed E-state index contributed by atoms with van der Waals surface area (Å²) in [6, 6.07) is 10.3. The van der Waals surface area contributed by atoms with Crippen molar-refractivity contribution < 1.29 is 22.7 Å². The minimum atomic E-state index is -4.47. The Morgan fingerprint density at radius 1 is 1.24 bits per heavy atom. The molecule has 0 radical (unpaired) electrons. The molecule has 1 atom stereocenters.